The minimum absolute atomic E-state index is 0.0144. The van der Waals surface area contributed by atoms with Gasteiger partial charge >= 0.3 is 0 Å². The fourth-order valence-electron chi connectivity index (χ4n) is 1.59. The van der Waals surface area contributed by atoms with Crippen LogP contribution in [0.3, 0.4) is 0 Å². The number of aliphatic hydroxyl groups is 1. The second-order valence-electron chi connectivity index (χ2n) is 3.82. The summed E-state index contributed by atoms with van der Waals surface area (Å²) in [7, 11) is 0. The van der Waals surface area contributed by atoms with Crippen molar-refractivity contribution in [1.29, 1.82) is 0 Å². The normalized spacial score (nSPS) is 10.2. The van der Waals surface area contributed by atoms with E-state index in [9.17, 15) is 4.79 Å². The maximum absolute atomic E-state index is 11.9. The Balaban J connectivity index is 2.56. The van der Waals surface area contributed by atoms with Crippen molar-refractivity contribution in [1.82, 2.24) is 4.90 Å². The number of rotatable bonds is 7. The highest BCUT2D eigenvalue weighted by atomic mass is 35.5. The molecule has 0 unspecified atom stereocenters. The molecule has 0 saturated carbocycles. The SMILES string of the molecule is O=C(CCCCl)N(CCO)Cc1ccccc1. The Kier molecular flexibility index (Phi) is 6.67. The van der Waals surface area contributed by atoms with Crippen LogP contribution in [0.4, 0.5) is 0 Å². The molecule has 94 valence electrons. The fraction of sp³-hybridized carbons (Fsp3) is 0.462. The first-order chi connectivity index (χ1) is 8.27. The van der Waals surface area contributed by atoms with E-state index in [2.05, 4.69) is 0 Å². The van der Waals surface area contributed by atoms with Crippen molar-refractivity contribution in [3.05, 3.63) is 35.9 Å². The van der Waals surface area contributed by atoms with Crippen LogP contribution in [-0.2, 0) is 11.3 Å². The first-order valence-corrected chi connectivity index (χ1v) is 6.30. The number of nitrogens with zero attached hydrogens (tertiary/aromatic N) is 1. The molecule has 0 fully saturated rings. The van der Waals surface area contributed by atoms with Gasteiger partial charge in [-0.2, -0.15) is 0 Å². The van der Waals surface area contributed by atoms with Crippen molar-refractivity contribution >= 4 is 17.5 Å². The number of carbonyl (C=O) groups excluding carboxylic acids is 1. The van der Waals surface area contributed by atoms with Gasteiger partial charge in [-0.25, -0.2) is 0 Å². The second-order valence-corrected chi connectivity index (χ2v) is 4.19. The molecule has 0 aromatic heterocycles. The summed E-state index contributed by atoms with van der Waals surface area (Å²) in [6.07, 6.45) is 1.12. The Morgan fingerprint density at radius 1 is 1.29 bits per heavy atom. The van der Waals surface area contributed by atoms with Crippen LogP contribution in [-0.4, -0.2) is 34.9 Å². The summed E-state index contributed by atoms with van der Waals surface area (Å²) in [6.45, 7) is 0.901. The summed E-state index contributed by atoms with van der Waals surface area (Å²) < 4.78 is 0. The maximum atomic E-state index is 11.9. The molecule has 1 aromatic carbocycles. The van der Waals surface area contributed by atoms with Gasteiger partial charge in [0.15, 0.2) is 0 Å². The molecular formula is C13H18ClNO2. The number of amides is 1. The van der Waals surface area contributed by atoms with Crippen LogP contribution in [0.1, 0.15) is 18.4 Å². The van der Waals surface area contributed by atoms with Crippen LogP contribution < -0.4 is 0 Å². The first kappa shape index (κ1) is 14.0. The number of aliphatic hydroxyl groups excluding tert-OH is 1. The van der Waals surface area contributed by atoms with Gasteiger partial charge in [0.25, 0.3) is 0 Å². The molecule has 1 aromatic rings. The van der Waals surface area contributed by atoms with Crippen molar-refractivity contribution in [3.8, 4) is 0 Å². The van der Waals surface area contributed by atoms with E-state index < -0.39 is 0 Å². The third-order valence-electron chi connectivity index (χ3n) is 2.46. The van der Waals surface area contributed by atoms with Crippen molar-refractivity contribution in [2.75, 3.05) is 19.0 Å². The highest BCUT2D eigenvalue weighted by Gasteiger charge is 2.12. The van der Waals surface area contributed by atoms with Gasteiger partial charge in [-0.3, -0.25) is 4.79 Å². The molecule has 0 spiro atoms. The predicted octanol–water partition coefficient (Wildman–Crippen LogP) is 2.03. The van der Waals surface area contributed by atoms with Gasteiger partial charge in [0.1, 0.15) is 0 Å². The lowest BCUT2D eigenvalue weighted by atomic mass is 10.2. The number of halogens is 1. The molecule has 1 N–H and O–H groups in total. The molecular weight excluding hydrogens is 238 g/mol. The summed E-state index contributed by atoms with van der Waals surface area (Å²) in [5, 5.41) is 8.97. The molecule has 0 atom stereocenters. The highest BCUT2D eigenvalue weighted by molar-refractivity contribution is 6.17. The van der Waals surface area contributed by atoms with E-state index in [-0.39, 0.29) is 12.5 Å². The average Bonchev–Trinajstić information content (AvgIpc) is 2.36. The first-order valence-electron chi connectivity index (χ1n) is 5.76. The Morgan fingerprint density at radius 3 is 2.59 bits per heavy atom. The molecule has 1 rings (SSSR count). The highest BCUT2D eigenvalue weighted by Crippen LogP contribution is 2.07. The molecule has 4 heteroatoms. The fourth-order valence-corrected chi connectivity index (χ4v) is 1.73. The number of hydrogen-bond donors (Lipinski definition) is 1. The van der Waals surface area contributed by atoms with Gasteiger partial charge in [-0.15, -0.1) is 11.6 Å². The maximum Gasteiger partial charge on any atom is 0.222 e. The van der Waals surface area contributed by atoms with E-state index in [1.807, 2.05) is 30.3 Å². The molecule has 3 nitrogen and oxygen atoms in total. The molecule has 0 heterocycles. The summed E-state index contributed by atoms with van der Waals surface area (Å²) >= 11 is 5.57. The smallest absolute Gasteiger partial charge is 0.222 e. The predicted molar refractivity (Wildman–Crippen MR) is 68.9 cm³/mol. The number of carbonyl (C=O) groups is 1. The lowest BCUT2D eigenvalue weighted by Crippen LogP contribution is -2.32. The van der Waals surface area contributed by atoms with E-state index in [4.69, 9.17) is 16.7 Å². The van der Waals surface area contributed by atoms with Crippen LogP contribution in [0, 0.1) is 0 Å². The lowest BCUT2D eigenvalue weighted by Gasteiger charge is -2.21. The lowest BCUT2D eigenvalue weighted by molar-refractivity contribution is -0.132. The van der Waals surface area contributed by atoms with E-state index in [0.29, 0.717) is 31.8 Å². The van der Waals surface area contributed by atoms with E-state index >= 15 is 0 Å². The molecule has 17 heavy (non-hydrogen) atoms. The van der Waals surface area contributed by atoms with E-state index in [1.54, 1.807) is 4.90 Å². The minimum atomic E-state index is -0.0144. The van der Waals surface area contributed by atoms with Crippen molar-refractivity contribution < 1.29 is 9.90 Å². The summed E-state index contributed by atoms with van der Waals surface area (Å²) in [4.78, 5) is 13.5. The molecule has 0 aliphatic heterocycles. The topological polar surface area (TPSA) is 40.5 Å². The standard InChI is InChI=1S/C13H18ClNO2/c14-8-4-7-13(17)15(9-10-16)11-12-5-2-1-3-6-12/h1-3,5-6,16H,4,7-11H2. The van der Waals surface area contributed by atoms with Crippen molar-refractivity contribution in [2.45, 2.75) is 19.4 Å². The van der Waals surface area contributed by atoms with Crippen LogP contribution in [0.15, 0.2) is 30.3 Å². The number of alkyl halides is 1. The zero-order chi connectivity index (χ0) is 12.5. The Bertz CT molecular complexity index is 329. The zero-order valence-electron chi connectivity index (χ0n) is 9.81. The van der Waals surface area contributed by atoms with E-state index in [1.165, 1.54) is 0 Å². The molecule has 0 aliphatic carbocycles. The summed E-state index contributed by atoms with van der Waals surface area (Å²) in [5.74, 6) is 0.535. The van der Waals surface area contributed by atoms with Gasteiger partial charge in [-0.05, 0) is 12.0 Å². The Morgan fingerprint density at radius 2 is 2.00 bits per heavy atom. The van der Waals surface area contributed by atoms with E-state index in [0.717, 1.165) is 5.56 Å². The van der Waals surface area contributed by atoms with Crippen LogP contribution in [0.5, 0.6) is 0 Å². The van der Waals surface area contributed by atoms with Gasteiger partial charge < -0.3 is 10.0 Å². The molecule has 0 radical (unpaired) electrons. The molecule has 0 saturated heterocycles. The summed E-state index contributed by atoms with van der Waals surface area (Å²) in [6, 6.07) is 9.76. The summed E-state index contributed by atoms with van der Waals surface area (Å²) in [5.41, 5.74) is 1.07. The number of benzene rings is 1. The monoisotopic (exact) mass is 255 g/mol. The molecule has 0 aliphatic rings. The van der Waals surface area contributed by atoms with Gasteiger partial charge in [0.05, 0.1) is 6.61 Å². The molecule has 1 amide bonds. The van der Waals surface area contributed by atoms with Crippen LogP contribution >= 0.6 is 11.6 Å². The van der Waals surface area contributed by atoms with Gasteiger partial charge in [0, 0.05) is 25.4 Å². The van der Waals surface area contributed by atoms with Crippen molar-refractivity contribution in [2.24, 2.45) is 0 Å². The Hall–Kier alpha value is -1.06. The zero-order valence-corrected chi connectivity index (χ0v) is 10.6. The molecule has 0 bridgehead atoms. The quantitative estimate of drug-likeness (QED) is 0.758. The van der Waals surface area contributed by atoms with Gasteiger partial charge in [-0.1, -0.05) is 30.3 Å². The van der Waals surface area contributed by atoms with Crippen LogP contribution in [0.2, 0.25) is 0 Å². The second kappa shape index (κ2) is 8.09. The van der Waals surface area contributed by atoms with Gasteiger partial charge in [0.2, 0.25) is 5.91 Å². The van der Waals surface area contributed by atoms with Crippen molar-refractivity contribution in [3.63, 3.8) is 0 Å². The largest absolute Gasteiger partial charge is 0.395 e. The third kappa shape index (κ3) is 5.20. The minimum Gasteiger partial charge on any atom is -0.395 e. The average molecular weight is 256 g/mol. The number of hydrogen-bond acceptors (Lipinski definition) is 2. The van der Waals surface area contributed by atoms with Crippen LogP contribution in [0.25, 0.3) is 0 Å². The third-order valence-corrected chi connectivity index (χ3v) is 2.73. The Labute approximate surface area is 107 Å².